The molecule has 21 heavy (non-hydrogen) atoms. The summed E-state index contributed by atoms with van der Waals surface area (Å²) in [5, 5.41) is 13.8. The third-order valence-electron chi connectivity index (χ3n) is 4.17. The minimum absolute atomic E-state index is 0.0549. The number of aliphatic hydroxyl groups is 1. The predicted molar refractivity (Wildman–Crippen MR) is 80.7 cm³/mol. The number of carbonyl (C=O) groups excluding carboxylic acids is 1. The van der Waals surface area contributed by atoms with Crippen LogP contribution in [0.5, 0.6) is 0 Å². The first-order chi connectivity index (χ1) is 9.69. The zero-order valence-corrected chi connectivity index (χ0v) is 13.4. The summed E-state index contributed by atoms with van der Waals surface area (Å²) in [6.07, 6.45) is 3.71. The summed E-state index contributed by atoms with van der Waals surface area (Å²) in [6.45, 7) is 6.78. The summed E-state index contributed by atoms with van der Waals surface area (Å²) in [4.78, 5) is 13.9. The first-order valence-electron chi connectivity index (χ1n) is 7.89. The van der Waals surface area contributed by atoms with E-state index < -0.39 is 11.2 Å². The minimum atomic E-state index is -0.735. The van der Waals surface area contributed by atoms with E-state index in [1.165, 1.54) is 0 Å². The van der Waals surface area contributed by atoms with Crippen molar-refractivity contribution >= 4 is 6.09 Å². The molecule has 2 aliphatic rings. The fourth-order valence-corrected chi connectivity index (χ4v) is 3.13. The molecule has 1 aliphatic heterocycles. The Hall–Kier alpha value is -0.850. The number of hydrogen-bond donors (Lipinski definition) is 3. The molecule has 1 aliphatic carbocycles. The fourth-order valence-electron chi connectivity index (χ4n) is 3.13. The van der Waals surface area contributed by atoms with Gasteiger partial charge in [-0.25, -0.2) is 4.79 Å². The van der Waals surface area contributed by atoms with Crippen LogP contribution in [0.1, 0.15) is 52.9 Å². The van der Waals surface area contributed by atoms with Crippen LogP contribution in [0.25, 0.3) is 0 Å². The van der Waals surface area contributed by atoms with Gasteiger partial charge in [0.15, 0.2) is 0 Å². The highest BCUT2D eigenvalue weighted by atomic mass is 16.6. The van der Waals surface area contributed by atoms with Gasteiger partial charge in [-0.3, -0.25) is 10.2 Å². The second kappa shape index (κ2) is 6.10. The molecule has 0 aromatic carbocycles. The van der Waals surface area contributed by atoms with E-state index in [1.807, 2.05) is 20.8 Å². The van der Waals surface area contributed by atoms with Gasteiger partial charge >= 0.3 is 6.09 Å². The molecule has 1 saturated heterocycles. The molecule has 122 valence electrons. The molecule has 6 heteroatoms. The smallest absolute Gasteiger partial charge is 0.411 e. The Morgan fingerprint density at radius 2 is 2.19 bits per heavy atom. The van der Waals surface area contributed by atoms with Crippen molar-refractivity contribution in [3.05, 3.63) is 0 Å². The van der Waals surface area contributed by atoms with E-state index >= 15 is 0 Å². The molecule has 1 saturated carbocycles. The number of nitrogens with one attached hydrogen (secondary N) is 1. The molecule has 6 nitrogen and oxygen atoms in total. The van der Waals surface area contributed by atoms with E-state index in [-0.39, 0.29) is 18.3 Å². The van der Waals surface area contributed by atoms with Crippen molar-refractivity contribution in [2.75, 3.05) is 13.1 Å². The first kappa shape index (κ1) is 16.5. The van der Waals surface area contributed by atoms with Gasteiger partial charge in [0.2, 0.25) is 0 Å². The number of nitrogens with two attached hydrogens (primary N) is 1. The van der Waals surface area contributed by atoms with Gasteiger partial charge in [0, 0.05) is 19.1 Å². The number of carbonyl (C=O) groups is 1. The molecule has 1 heterocycles. The van der Waals surface area contributed by atoms with E-state index in [4.69, 9.17) is 10.5 Å². The third-order valence-corrected chi connectivity index (χ3v) is 4.17. The summed E-state index contributed by atoms with van der Waals surface area (Å²) in [5.41, 5.74) is 4.65. The van der Waals surface area contributed by atoms with Crippen LogP contribution < -0.4 is 11.1 Å². The Labute approximate surface area is 127 Å². The van der Waals surface area contributed by atoms with Gasteiger partial charge in [0.05, 0.1) is 11.8 Å². The van der Waals surface area contributed by atoms with Crippen LogP contribution in [0.3, 0.4) is 0 Å². The Balaban J connectivity index is 1.86. The standard InChI is InChI=1S/C15H29N3O3/c1-14(2,3)21-13(19)18-8-4-5-12(18)17-10-15(20)7-6-11(16)9-15/h11-12,17,20H,4-10,16H2,1-3H3. The summed E-state index contributed by atoms with van der Waals surface area (Å²) in [7, 11) is 0. The zero-order chi connectivity index (χ0) is 15.7. The highest BCUT2D eigenvalue weighted by molar-refractivity contribution is 5.68. The minimum Gasteiger partial charge on any atom is -0.444 e. The van der Waals surface area contributed by atoms with E-state index in [0.29, 0.717) is 19.5 Å². The van der Waals surface area contributed by atoms with Crippen molar-refractivity contribution < 1.29 is 14.6 Å². The zero-order valence-electron chi connectivity index (χ0n) is 13.4. The van der Waals surface area contributed by atoms with Crippen molar-refractivity contribution in [2.45, 2.75) is 76.3 Å². The van der Waals surface area contributed by atoms with Crippen LogP contribution >= 0.6 is 0 Å². The summed E-state index contributed by atoms with van der Waals surface area (Å²) in [6, 6.07) is 0.0855. The van der Waals surface area contributed by atoms with Crippen LogP contribution in [0, 0.1) is 0 Å². The molecule has 0 aromatic heterocycles. The second-order valence-corrected chi connectivity index (χ2v) is 7.44. The van der Waals surface area contributed by atoms with Crippen LogP contribution in [0.4, 0.5) is 4.79 Å². The molecule has 0 bridgehead atoms. The Bertz CT molecular complexity index is 383. The normalized spacial score (nSPS) is 33.5. The molecule has 0 radical (unpaired) electrons. The average molecular weight is 299 g/mol. The van der Waals surface area contributed by atoms with Crippen molar-refractivity contribution in [3.8, 4) is 0 Å². The lowest BCUT2D eigenvalue weighted by molar-refractivity contribution is 0.0109. The quantitative estimate of drug-likeness (QED) is 0.728. The first-order valence-corrected chi connectivity index (χ1v) is 7.89. The van der Waals surface area contributed by atoms with E-state index in [1.54, 1.807) is 4.90 Å². The van der Waals surface area contributed by atoms with Crippen LogP contribution in [-0.4, -0.2) is 52.6 Å². The topological polar surface area (TPSA) is 87.8 Å². The lowest BCUT2D eigenvalue weighted by Gasteiger charge is -2.31. The number of rotatable bonds is 3. The highest BCUT2D eigenvalue weighted by Gasteiger charge is 2.38. The lowest BCUT2D eigenvalue weighted by atomic mass is 10.0. The monoisotopic (exact) mass is 299 g/mol. The predicted octanol–water partition coefficient (Wildman–Crippen LogP) is 1.18. The van der Waals surface area contributed by atoms with E-state index in [9.17, 15) is 9.90 Å². The molecule has 4 N–H and O–H groups in total. The molecular weight excluding hydrogens is 270 g/mol. The Morgan fingerprint density at radius 3 is 2.76 bits per heavy atom. The van der Waals surface area contributed by atoms with Crippen LogP contribution in [-0.2, 0) is 4.74 Å². The molecule has 1 amide bonds. The van der Waals surface area contributed by atoms with Crippen LogP contribution in [0.15, 0.2) is 0 Å². The maximum Gasteiger partial charge on any atom is 0.411 e. The SMILES string of the molecule is CC(C)(C)OC(=O)N1CCCC1NCC1(O)CCC(N)C1. The maximum atomic E-state index is 12.2. The van der Waals surface area contributed by atoms with Crippen molar-refractivity contribution in [1.29, 1.82) is 0 Å². The second-order valence-electron chi connectivity index (χ2n) is 7.44. The van der Waals surface area contributed by atoms with E-state index in [2.05, 4.69) is 5.32 Å². The van der Waals surface area contributed by atoms with Gasteiger partial charge in [0.25, 0.3) is 0 Å². The Kier molecular flexibility index (Phi) is 4.80. The van der Waals surface area contributed by atoms with Gasteiger partial charge < -0.3 is 15.6 Å². The maximum absolute atomic E-state index is 12.2. The average Bonchev–Trinajstić information content (AvgIpc) is 2.92. The van der Waals surface area contributed by atoms with Gasteiger partial charge in [-0.15, -0.1) is 0 Å². The molecule has 0 spiro atoms. The molecular formula is C15H29N3O3. The molecule has 2 fully saturated rings. The summed E-state index contributed by atoms with van der Waals surface area (Å²) < 4.78 is 5.43. The Morgan fingerprint density at radius 1 is 1.48 bits per heavy atom. The molecule has 3 atom stereocenters. The van der Waals surface area contributed by atoms with Crippen molar-refractivity contribution in [3.63, 3.8) is 0 Å². The largest absolute Gasteiger partial charge is 0.444 e. The van der Waals surface area contributed by atoms with Gasteiger partial charge in [-0.05, 0) is 52.9 Å². The third kappa shape index (κ3) is 4.56. The number of nitrogens with zero attached hydrogens (tertiary/aromatic N) is 1. The number of hydrogen-bond acceptors (Lipinski definition) is 5. The number of ether oxygens (including phenoxy) is 1. The van der Waals surface area contributed by atoms with Gasteiger partial charge in [-0.1, -0.05) is 0 Å². The highest BCUT2D eigenvalue weighted by Crippen LogP contribution is 2.29. The lowest BCUT2D eigenvalue weighted by Crippen LogP contribution is -2.51. The number of amides is 1. The van der Waals surface area contributed by atoms with Crippen molar-refractivity contribution in [2.24, 2.45) is 5.73 Å². The summed E-state index contributed by atoms with van der Waals surface area (Å²) >= 11 is 0. The van der Waals surface area contributed by atoms with Gasteiger partial charge in [-0.2, -0.15) is 0 Å². The van der Waals surface area contributed by atoms with E-state index in [0.717, 1.165) is 25.7 Å². The molecule has 2 rings (SSSR count). The van der Waals surface area contributed by atoms with Crippen LogP contribution in [0.2, 0.25) is 0 Å². The molecule has 3 unspecified atom stereocenters. The van der Waals surface area contributed by atoms with Gasteiger partial charge in [0.1, 0.15) is 5.60 Å². The fraction of sp³-hybridized carbons (Fsp3) is 0.933. The summed E-state index contributed by atoms with van der Waals surface area (Å²) in [5.74, 6) is 0. The van der Waals surface area contributed by atoms with Crippen molar-refractivity contribution in [1.82, 2.24) is 10.2 Å². The molecule has 0 aromatic rings. The number of likely N-dealkylation sites (tertiary alicyclic amines) is 1.